The molecule has 18 heavy (non-hydrogen) atoms. The Hall–Kier alpha value is -1.61. The van der Waals surface area contributed by atoms with Crippen molar-refractivity contribution in [3.63, 3.8) is 0 Å². The summed E-state index contributed by atoms with van der Waals surface area (Å²) in [6.45, 7) is 8.02. The molecule has 0 amide bonds. The van der Waals surface area contributed by atoms with Crippen molar-refractivity contribution < 1.29 is 0 Å². The fourth-order valence-corrected chi connectivity index (χ4v) is 2.17. The quantitative estimate of drug-likeness (QED) is 0.900. The zero-order valence-electron chi connectivity index (χ0n) is 11.4. The van der Waals surface area contributed by atoms with Gasteiger partial charge >= 0.3 is 0 Å². The zero-order valence-corrected chi connectivity index (χ0v) is 11.4. The van der Waals surface area contributed by atoms with Gasteiger partial charge in [0.05, 0.1) is 6.33 Å². The molecule has 0 saturated carbocycles. The summed E-state index contributed by atoms with van der Waals surface area (Å²) in [5, 5.41) is 0. The number of imidazole rings is 1. The molecule has 2 N–H and O–H groups in total. The van der Waals surface area contributed by atoms with Gasteiger partial charge in [0, 0.05) is 30.4 Å². The molecule has 0 fully saturated rings. The molecule has 0 aliphatic carbocycles. The predicted molar refractivity (Wildman–Crippen MR) is 74.4 cm³/mol. The first-order valence-electron chi connectivity index (χ1n) is 6.30. The monoisotopic (exact) mass is 243 g/mol. The van der Waals surface area contributed by atoms with Crippen molar-refractivity contribution >= 4 is 0 Å². The molecular weight excluding hydrogens is 222 g/mol. The van der Waals surface area contributed by atoms with E-state index < -0.39 is 0 Å². The van der Waals surface area contributed by atoms with Gasteiger partial charge in [0.1, 0.15) is 0 Å². The van der Waals surface area contributed by atoms with E-state index in [1.807, 2.05) is 18.6 Å². The van der Waals surface area contributed by atoms with E-state index in [0.29, 0.717) is 6.54 Å². The number of rotatable bonds is 3. The Morgan fingerprint density at radius 2 is 1.83 bits per heavy atom. The minimum absolute atomic E-state index is 0.105. The summed E-state index contributed by atoms with van der Waals surface area (Å²) in [5.74, 6) is 0. The van der Waals surface area contributed by atoms with Gasteiger partial charge in [-0.15, -0.1) is 0 Å². The van der Waals surface area contributed by atoms with Crippen LogP contribution in [-0.4, -0.2) is 9.55 Å². The molecule has 2 rings (SSSR count). The van der Waals surface area contributed by atoms with E-state index in [9.17, 15) is 0 Å². The van der Waals surface area contributed by atoms with Crippen LogP contribution in [0, 0.1) is 0 Å². The van der Waals surface area contributed by atoms with Crippen molar-refractivity contribution in [3.05, 3.63) is 53.6 Å². The minimum atomic E-state index is 0.105. The molecule has 0 aliphatic heterocycles. The van der Waals surface area contributed by atoms with Crippen molar-refractivity contribution in [1.82, 2.24) is 9.55 Å². The average Bonchev–Trinajstić information content (AvgIpc) is 2.78. The van der Waals surface area contributed by atoms with Crippen LogP contribution < -0.4 is 5.73 Å². The van der Waals surface area contributed by atoms with Gasteiger partial charge < -0.3 is 10.3 Å². The van der Waals surface area contributed by atoms with Gasteiger partial charge in [-0.05, 0) is 11.1 Å². The lowest BCUT2D eigenvalue weighted by molar-refractivity contribution is 0.530. The fourth-order valence-electron chi connectivity index (χ4n) is 2.17. The first-order chi connectivity index (χ1) is 8.52. The SMILES string of the molecule is CC(C)(C)c1cncn1Cc1ccccc1CN. The van der Waals surface area contributed by atoms with E-state index in [1.54, 1.807) is 0 Å². The summed E-state index contributed by atoms with van der Waals surface area (Å²) in [6, 6.07) is 8.31. The van der Waals surface area contributed by atoms with Crippen molar-refractivity contribution in [2.45, 2.75) is 39.3 Å². The molecule has 3 nitrogen and oxygen atoms in total. The lowest BCUT2D eigenvalue weighted by Crippen LogP contribution is -2.18. The first-order valence-corrected chi connectivity index (χ1v) is 6.30. The molecule has 0 saturated heterocycles. The van der Waals surface area contributed by atoms with Gasteiger partial charge in [-0.1, -0.05) is 45.0 Å². The Morgan fingerprint density at radius 1 is 1.17 bits per heavy atom. The van der Waals surface area contributed by atoms with Crippen LogP contribution in [0.4, 0.5) is 0 Å². The van der Waals surface area contributed by atoms with Crippen LogP contribution in [0.3, 0.4) is 0 Å². The molecular formula is C15H21N3. The van der Waals surface area contributed by atoms with E-state index in [2.05, 4.69) is 48.5 Å². The van der Waals surface area contributed by atoms with Crippen LogP contribution in [-0.2, 0) is 18.5 Å². The summed E-state index contributed by atoms with van der Waals surface area (Å²) in [5.41, 5.74) is 9.60. The van der Waals surface area contributed by atoms with Crippen molar-refractivity contribution in [2.24, 2.45) is 5.73 Å². The molecule has 1 aromatic heterocycles. The highest BCUT2D eigenvalue weighted by Gasteiger charge is 2.18. The van der Waals surface area contributed by atoms with E-state index in [4.69, 9.17) is 5.73 Å². The highest BCUT2D eigenvalue weighted by atomic mass is 15.0. The van der Waals surface area contributed by atoms with Gasteiger partial charge in [0.2, 0.25) is 0 Å². The van der Waals surface area contributed by atoms with Crippen molar-refractivity contribution in [1.29, 1.82) is 0 Å². The number of nitrogens with zero attached hydrogens (tertiary/aromatic N) is 2. The molecule has 96 valence electrons. The molecule has 3 heteroatoms. The topological polar surface area (TPSA) is 43.8 Å². The standard InChI is InChI=1S/C15H21N3/c1-15(2,3)14-9-17-11-18(14)10-13-7-5-4-6-12(13)8-16/h4-7,9,11H,8,10,16H2,1-3H3. The van der Waals surface area contributed by atoms with Gasteiger partial charge in [-0.25, -0.2) is 4.98 Å². The normalized spacial score (nSPS) is 11.8. The van der Waals surface area contributed by atoms with E-state index >= 15 is 0 Å². The van der Waals surface area contributed by atoms with Gasteiger partial charge in [-0.2, -0.15) is 0 Å². The molecule has 0 radical (unpaired) electrons. The van der Waals surface area contributed by atoms with Gasteiger partial charge in [0.15, 0.2) is 0 Å². The predicted octanol–water partition coefficient (Wildman–Crippen LogP) is 2.69. The second-order valence-electron chi connectivity index (χ2n) is 5.63. The van der Waals surface area contributed by atoms with Gasteiger partial charge in [0.25, 0.3) is 0 Å². The summed E-state index contributed by atoms with van der Waals surface area (Å²) in [6.07, 6.45) is 3.85. The molecule has 0 bridgehead atoms. The number of benzene rings is 1. The van der Waals surface area contributed by atoms with Crippen LogP contribution >= 0.6 is 0 Å². The maximum Gasteiger partial charge on any atom is 0.0951 e. The maximum atomic E-state index is 5.78. The fraction of sp³-hybridized carbons (Fsp3) is 0.400. The second-order valence-corrected chi connectivity index (χ2v) is 5.63. The maximum absolute atomic E-state index is 5.78. The summed E-state index contributed by atoms with van der Waals surface area (Å²) in [7, 11) is 0. The molecule has 0 aliphatic rings. The van der Waals surface area contributed by atoms with E-state index in [0.717, 1.165) is 6.54 Å². The summed E-state index contributed by atoms with van der Waals surface area (Å²) in [4.78, 5) is 4.27. The van der Waals surface area contributed by atoms with Crippen molar-refractivity contribution in [3.8, 4) is 0 Å². The zero-order chi connectivity index (χ0) is 13.2. The third-order valence-corrected chi connectivity index (χ3v) is 3.16. The molecule has 2 aromatic rings. The van der Waals surface area contributed by atoms with Crippen LogP contribution in [0.2, 0.25) is 0 Å². The molecule has 0 spiro atoms. The third kappa shape index (κ3) is 2.62. The minimum Gasteiger partial charge on any atom is -0.330 e. The molecule has 0 atom stereocenters. The van der Waals surface area contributed by atoms with Gasteiger partial charge in [-0.3, -0.25) is 0 Å². The van der Waals surface area contributed by atoms with Crippen LogP contribution in [0.5, 0.6) is 0 Å². The number of hydrogen-bond donors (Lipinski definition) is 1. The van der Waals surface area contributed by atoms with E-state index in [1.165, 1.54) is 16.8 Å². The first kappa shape index (κ1) is 12.8. The third-order valence-electron chi connectivity index (χ3n) is 3.16. The number of hydrogen-bond acceptors (Lipinski definition) is 2. The van der Waals surface area contributed by atoms with E-state index in [-0.39, 0.29) is 5.41 Å². The van der Waals surface area contributed by atoms with Crippen LogP contribution in [0.25, 0.3) is 0 Å². The van der Waals surface area contributed by atoms with Crippen LogP contribution in [0.1, 0.15) is 37.6 Å². The number of aromatic nitrogens is 2. The summed E-state index contributed by atoms with van der Waals surface area (Å²) < 4.78 is 2.20. The average molecular weight is 243 g/mol. The highest BCUT2D eigenvalue weighted by Crippen LogP contribution is 2.22. The van der Waals surface area contributed by atoms with Crippen molar-refractivity contribution in [2.75, 3.05) is 0 Å². The lowest BCUT2D eigenvalue weighted by atomic mass is 9.92. The Balaban J connectivity index is 2.32. The lowest BCUT2D eigenvalue weighted by Gasteiger charge is -2.21. The highest BCUT2D eigenvalue weighted by molar-refractivity contribution is 5.28. The Labute approximate surface area is 109 Å². The van der Waals surface area contributed by atoms with Crippen LogP contribution in [0.15, 0.2) is 36.8 Å². The largest absolute Gasteiger partial charge is 0.330 e. The Morgan fingerprint density at radius 3 is 2.44 bits per heavy atom. The second kappa shape index (κ2) is 4.94. The Bertz CT molecular complexity index is 521. The molecule has 1 aromatic carbocycles. The molecule has 1 heterocycles. The molecule has 0 unspecified atom stereocenters. The number of nitrogens with two attached hydrogens (primary N) is 1. The Kier molecular flexibility index (Phi) is 3.53. The summed E-state index contributed by atoms with van der Waals surface area (Å²) >= 11 is 0. The smallest absolute Gasteiger partial charge is 0.0951 e.